The van der Waals surface area contributed by atoms with Crippen molar-refractivity contribution in [1.29, 1.82) is 0 Å². The third-order valence-corrected chi connectivity index (χ3v) is 9.89. The van der Waals surface area contributed by atoms with Crippen LogP contribution in [0.4, 0.5) is 0 Å². The van der Waals surface area contributed by atoms with E-state index in [1.54, 1.807) is 0 Å². The maximum absolute atomic E-state index is 2.61. The monoisotopic (exact) mass is 446 g/mol. The van der Waals surface area contributed by atoms with Crippen molar-refractivity contribution in [3.63, 3.8) is 0 Å². The fraction of sp³-hybridized carbons (Fsp3) is 0.412. The van der Waals surface area contributed by atoms with Gasteiger partial charge in [0.05, 0.1) is 0 Å². The minimum atomic E-state index is 0.319. The average molecular weight is 447 g/mol. The zero-order valence-electron chi connectivity index (χ0n) is 20.6. The van der Waals surface area contributed by atoms with Crippen molar-refractivity contribution in [1.82, 2.24) is 0 Å². The van der Waals surface area contributed by atoms with Crippen LogP contribution in [0, 0.1) is 46.8 Å². The molecule has 0 heteroatoms. The molecule has 0 aliphatic heterocycles. The topological polar surface area (TPSA) is 0 Å². The summed E-state index contributed by atoms with van der Waals surface area (Å²) in [4.78, 5) is 0. The van der Waals surface area contributed by atoms with Gasteiger partial charge in [-0.3, -0.25) is 0 Å². The smallest absolute Gasteiger partial charge is 0.0118 e. The van der Waals surface area contributed by atoms with Crippen molar-refractivity contribution in [2.24, 2.45) is 46.8 Å². The number of allylic oxidation sites excluding steroid dienone is 8. The Morgan fingerprint density at radius 2 is 1.09 bits per heavy atom. The summed E-state index contributed by atoms with van der Waals surface area (Å²) in [6, 6.07) is 22.5. The van der Waals surface area contributed by atoms with E-state index in [2.05, 4.69) is 123 Å². The van der Waals surface area contributed by atoms with Crippen molar-refractivity contribution in [2.45, 2.75) is 39.0 Å². The molecule has 174 valence electrons. The third kappa shape index (κ3) is 3.67. The first-order valence-corrected chi connectivity index (χ1v) is 13.4. The normalized spacial score (nSPS) is 33.9. The molecule has 7 atom stereocenters. The summed E-state index contributed by atoms with van der Waals surface area (Å²) in [5.74, 6) is 5.36. The molecule has 2 fully saturated rings. The molecule has 4 aliphatic rings. The first-order valence-electron chi connectivity index (χ1n) is 13.4. The van der Waals surface area contributed by atoms with Crippen LogP contribution in [0.2, 0.25) is 0 Å². The van der Waals surface area contributed by atoms with E-state index in [1.807, 2.05) is 0 Å². The molecule has 0 heterocycles. The van der Waals surface area contributed by atoms with Crippen LogP contribution in [0.3, 0.4) is 0 Å². The van der Waals surface area contributed by atoms with Crippen LogP contribution in [0.15, 0.2) is 109 Å². The first-order chi connectivity index (χ1) is 16.6. The lowest BCUT2D eigenvalue weighted by molar-refractivity contribution is 0.0723. The molecule has 0 amide bonds. The summed E-state index contributed by atoms with van der Waals surface area (Å²) in [5.41, 5.74) is 3.29. The molecule has 4 aliphatic carbocycles. The second-order valence-electron chi connectivity index (χ2n) is 11.8. The van der Waals surface area contributed by atoms with Gasteiger partial charge >= 0.3 is 0 Å². The van der Waals surface area contributed by atoms with E-state index in [1.165, 1.54) is 30.4 Å². The van der Waals surface area contributed by atoms with Gasteiger partial charge in [-0.1, -0.05) is 123 Å². The zero-order valence-corrected chi connectivity index (χ0v) is 20.6. The van der Waals surface area contributed by atoms with Crippen molar-refractivity contribution in [3.05, 3.63) is 120 Å². The number of hydrogen-bond donors (Lipinski definition) is 0. The number of benzene rings is 2. The number of hydrogen-bond acceptors (Lipinski definition) is 0. The fourth-order valence-corrected chi connectivity index (χ4v) is 8.34. The molecular weight excluding hydrogens is 408 g/mol. The van der Waals surface area contributed by atoms with Crippen LogP contribution in [-0.4, -0.2) is 0 Å². The lowest BCUT2D eigenvalue weighted by Crippen LogP contribution is -2.37. The fourth-order valence-electron chi connectivity index (χ4n) is 8.34. The average Bonchev–Trinajstić information content (AvgIpc) is 3.50. The largest absolute Gasteiger partial charge is 0.0805 e. The molecule has 2 aromatic carbocycles. The summed E-state index contributed by atoms with van der Waals surface area (Å²) in [6.07, 6.45) is 23.3. The van der Waals surface area contributed by atoms with E-state index in [0.717, 1.165) is 5.92 Å². The van der Waals surface area contributed by atoms with E-state index in [-0.39, 0.29) is 0 Å². The molecule has 0 bridgehead atoms. The van der Waals surface area contributed by atoms with Gasteiger partial charge < -0.3 is 0 Å². The van der Waals surface area contributed by atoms with Crippen molar-refractivity contribution >= 4 is 0 Å². The summed E-state index contributed by atoms with van der Waals surface area (Å²) in [7, 11) is 0. The predicted octanol–water partition coefficient (Wildman–Crippen LogP) is 8.61. The highest BCUT2D eigenvalue weighted by atomic mass is 14.6. The molecule has 0 radical (unpaired) electrons. The Hall–Kier alpha value is -2.60. The molecule has 34 heavy (non-hydrogen) atoms. The summed E-state index contributed by atoms with van der Waals surface area (Å²) in [6.45, 7) is 5.23. The van der Waals surface area contributed by atoms with Crippen LogP contribution in [-0.2, 0) is 0 Å². The Balaban J connectivity index is 1.29. The van der Waals surface area contributed by atoms with Crippen LogP contribution in [0.5, 0.6) is 0 Å². The van der Waals surface area contributed by atoms with Gasteiger partial charge in [0.15, 0.2) is 0 Å². The van der Waals surface area contributed by atoms with E-state index in [4.69, 9.17) is 0 Å². The molecule has 2 saturated carbocycles. The third-order valence-electron chi connectivity index (χ3n) is 9.89. The molecule has 0 nitrogen and oxygen atoms in total. The van der Waals surface area contributed by atoms with Gasteiger partial charge in [0.2, 0.25) is 0 Å². The van der Waals surface area contributed by atoms with Gasteiger partial charge in [0.1, 0.15) is 0 Å². The highest BCUT2D eigenvalue weighted by molar-refractivity contribution is 5.34. The summed E-state index contributed by atoms with van der Waals surface area (Å²) < 4.78 is 0. The van der Waals surface area contributed by atoms with Gasteiger partial charge in [-0.2, -0.15) is 0 Å². The Labute approximate surface area is 206 Å². The highest BCUT2D eigenvalue weighted by Crippen LogP contribution is 2.62. The maximum atomic E-state index is 2.61. The quantitative estimate of drug-likeness (QED) is 0.431. The number of rotatable bonds is 5. The summed E-state index contributed by atoms with van der Waals surface area (Å²) >= 11 is 0. The van der Waals surface area contributed by atoms with Gasteiger partial charge in [-0.15, -0.1) is 0 Å². The van der Waals surface area contributed by atoms with Gasteiger partial charge in [-0.05, 0) is 77.2 Å². The Morgan fingerprint density at radius 1 is 0.618 bits per heavy atom. The molecule has 0 spiro atoms. The zero-order chi connectivity index (χ0) is 23.1. The Morgan fingerprint density at radius 3 is 1.59 bits per heavy atom. The minimum absolute atomic E-state index is 0.319. The molecule has 0 aromatic heterocycles. The molecule has 0 N–H and O–H groups in total. The highest BCUT2D eigenvalue weighted by Gasteiger charge is 2.55. The predicted molar refractivity (Wildman–Crippen MR) is 143 cm³/mol. The first kappa shape index (κ1) is 21.9. The van der Waals surface area contributed by atoms with Crippen LogP contribution in [0.25, 0.3) is 0 Å². The summed E-state index contributed by atoms with van der Waals surface area (Å²) in [5, 5.41) is 0. The van der Waals surface area contributed by atoms with Gasteiger partial charge in [-0.25, -0.2) is 0 Å². The molecule has 2 aromatic rings. The SMILES string of the molecule is CC(C)(C1CC[C@@H](C(c2ccccc2)c2ccccc2)C1)C1C2C=CC=C[C@H]2[C@H]2C=CC=CC12. The maximum Gasteiger partial charge on any atom is 0.0118 e. The van der Waals surface area contributed by atoms with Crippen molar-refractivity contribution in [3.8, 4) is 0 Å². The van der Waals surface area contributed by atoms with Crippen molar-refractivity contribution in [2.75, 3.05) is 0 Å². The molecule has 4 unspecified atom stereocenters. The van der Waals surface area contributed by atoms with Crippen LogP contribution < -0.4 is 0 Å². The number of fused-ring (bicyclic) bond motifs is 3. The minimum Gasteiger partial charge on any atom is -0.0805 e. The second-order valence-corrected chi connectivity index (χ2v) is 11.8. The van der Waals surface area contributed by atoms with Crippen LogP contribution >= 0.6 is 0 Å². The van der Waals surface area contributed by atoms with E-state index in [0.29, 0.717) is 46.8 Å². The molecular formula is C34H38. The van der Waals surface area contributed by atoms with Gasteiger partial charge in [0, 0.05) is 5.92 Å². The standard InChI is InChI=1S/C34H38/c1-34(2,33-30-19-11-9-17-28(30)29-18-10-12-20-31(29)33)27-22-21-26(23-27)32(24-13-5-3-6-14-24)25-15-7-4-8-16-25/h3-20,26-33H,21-23H2,1-2H3/t26-,27?,28-,29+,30?,31?,33?/m1/s1. The lowest BCUT2D eigenvalue weighted by Gasteiger charge is -2.44. The second kappa shape index (κ2) is 8.88. The van der Waals surface area contributed by atoms with Crippen molar-refractivity contribution < 1.29 is 0 Å². The Bertz CT molecular complexity index is 1030. The molecule has 0 saturated heterocycles. The lowest BCUT2D eigenvalue weighted by atomic mass is 9.61. The van der Waals surface area contributed by atoms with E-state index >= 15 is 0 Å². The van der Waals surface area contributed by atoms with E-state index in [9.17, 15) is 0 Å². The van der Waals surface area contributed by atoms with Gasteiger partial charge in [0.25, 0.3) is 0 Å². The Kier molecular flexibility index (Phi) is 5.72. The van der Waals surface area contributed by atoms with Crippen LogP contribution in [0.1, 0.15) is 50.2 Å². The molecule has 6 rings (SSSR count). The van der Waals surface area contributed by atoms with E-state index < -0.39 is 0 Å².